The largest absolute Gasteiger partial charge is 0.319 e. The fraction of sp³-hybridized carbons (Fsp3) is 0.136. The molecule has 0 radical (unpaired) electrons. The highest BCUT2D eigenvalue weighted by molar-refractivity contribution is 7.89. The summed E-state index contributed by atoms with van der Waals surface area (Å²) >= 11 is 5.84. The lowest BCUT2D eigenvalue weighted by Gasteiger charge is -2.21. The smallest absolute Gasteiger partial charge is 0.255 e. The highest BCUT2D eigenvalue weighted by Gasteiger charge is 2.23. The maximum Gasteiger partial charge on any atom is 0.255 e. The molecule has 0 fully saturated rings. The van der Waals surface area contributed by atoms with Crippen LogP contribution in [0.15, 0.2) is 77.7 Å². The summed E-state index contributed by atoms with van der Waals surface area (Å²) < 4.78 is 40.8. The third-order valence-corrected chi connectivity index (χ3v) is 6.69. The lowest BCUT2D eigenvalue weighted by molar-refractivity contribution is 0.102. The first-order valence-electron chi connectivity index (χ1n) is 9.22. The van der Waals surface area contributed by atoms with E-state index in [-0.39, 0.29) is 23.7 Å². The molecule has 8 heteroatoms. The van der Waals surface area contributed by atoms with Crippen LogP contribution in [-0.4, -0.2) is 25.2 Å². The maximum absolute atomic E-state index is 13.7. The molecule has 0 heterocycles. The molecule has 156 valence electrons. The highest BCUT2D eigenvalue weighted by Crippen LogP contribution is 2.21. The van der Waals surface area contributed by atoms with Crippen molar-refractivity contribution in [3.8, 4) is 0 Å². The van der Waals surface area contributed by atoms with Gasteiger partial charge in [-0.3, -0.25) is 4.79 Å². The SMILES string of the molecule is CCN(Cc1ccc(C(=O)Nc2ccccc2F)cc1)S(=O)(=O)c1ccc(Cl)cc1. The summed E-state index contributed by atoms with van der Waals surface area (Å²) in [5.41, 5.74) is 1.15. The number of nitrogens with zero attached hydrogens (tertiary/aromatic N) is 1. The second-order valence-corrected chi connectivity index (χ2v) is 8.89. The van der Waals surface area contributed by atoms with Crippen LogP contribution in [0.1, 0.15) is 22.8 Å². The minimum atomic E-state index is -3.68. The fourth-order valence-electron chi connectivity index (χ4n) is 2.84. The predicted octanol–water partition coefficient (Wildman–Crippen LogP) is 4.94. The van der Waals surface area contributed by atoms with Gasteiger partial charge >= 0.3 is 0 Å². The second-order valence-electron chi connectivity index (χ2n) is 6.52. The van der Waals surface area contributed by atoms with E-state index in [4.69, 9.17) is 11.6 Å². The molecule has 0 aliphatic heterocycles. The third kappa shape index (κ3) is 5.05. The zero-order chi connectivity index (χ0) is 21.7. The van der Waals surface area contributed by atoms with E-state index < -0.39 is 21.7 Å². The fourth-order valence-corrected chi connectivity index (χ4v) is 4.41. The molecule has 0 saturated heterocycles. The number of hydrogen-bond acceptors (Lipinski definition) is 3. The van der Waals surface area contributed by atoms with Crippen LogP contribution in [0, 0.1) is 5.82 Å². The standard InChI is InChI=1S/C22H20ClFN2O3S/c1-2-26(30(28,29)19-13-11-18(23)12-14-19)15-16-7-9-17(10-8-16)22(27)25-21-6-4-3-5-20(21)24/h3-14H,2,15H2,1H3,(H,25,27). The number of hydrogen-bond donors (Lipinski definition) is 1. The number of benzene rings is 3. The zero-order valence-corrected chi connectivity index (χ0v) is 17.8. The molecule has 3 aromatic carbocycles. The van der Waals surface area contributed by atoms with Crippen molar-refractivity contribution >= 4 is 33.2 Å². The van der Waals surface area contributed by atoms with Crippen molar-refractivity contribution in [1.82, 2.24) is 4.31 Å². The van der Waals surface area contributed by atoms with E-state index in [0.29, 0.717) is 10.6 Å². The Morgan fingerprint density at radius 3 is 2.23 bits per heavy atom. The van der Waals surface area contributed by atoms with Gasteiger partial charge in [-0.15, -0.1) is 0 Å². The predicted molar refractivity (Wildman–Crippen MR) is 116 cm³/mol. The zero-order valence-electron chi connectivity index (χ0n) is 16.2. The molecule has 0 spiro atoms. The topological polar surface area (TPSA) is 66.5 Å². The van der Waals surface area contributed by atoms with Gasteiger partial charge in [-0.05, 0) is 54.1 Å². The number of sulfonamides is 1. The molecular weight excluding hydrogens is 427 g/mol. The number of halogens is 2. The second kappa shape index (κ2) is 9.38. The van der Waals surface area contributed by atoms with Gasteiger partial charge in [0.2, 0.25) is 10.0 Å². The van der Waals surface area contributed by atoms with Gasteiger partial charge in [0.1, 0.15) is 5.82 Å². The van der Waals surface area contributed by atoms with E-state index >= 15 is 0 Å². The summed E-state index contributed by atoms with van der Waals surface area (Å²) in [4.78, 5) is 12.5. The molecule has 1 amide bonds. The van der Waals surface area contributed by atoms with Crippen molar-refractivity contribution in [3.05, 3.63) is 94.8 Å². The summed E-state index contributed by atoms with van der Waals surface area (Å²) in [6, 6.07) is 18.4. The van der Waals surface area contributed by atoms with E-state index in [9.17, 15) is 17.6 Å². The molecule has 1 N–H and O–H groups in total. The Morgan fingerprint density at radius 2 is 1.63 bits per heavy atom. The molecule has 0 bridgehead atoms. The number of para-hydroxylation sites is 1. The lowest BCUT2D eigenvalue weighted by Crippen LogP contribution is -2.30. The average Bonchev–Trinajstić information content (AvgIpc) is 2.74. The van der Waals surface area contributed by atoms with Crippen LogP contribution in [0.4, 0.5) is 10.1 Å². The lowest BCUT2D eigenvalue weighted by atomic mass is 10.1. The third-order valence-electron chi connectivity index (χ3n) is 4.50. The Balaban J connectivity index is 1.73. The molecule has 3 aromatic rings. The molecule has 3 rings (SSSR count). The molecule has 0 atom stereocenters. The summed E-state index contributed by atoms with van der Waals surface area (Å²) in [5.74, 6) is -0.971. The van der Waals surface area contributed by atoms with Gasteiger partial charge in [0.05, 0.1) is 10.6 Å². The molecule has 0 aromatic heterocycles. The number of nitrogens with one attached hydrogen (secondary N) is 1. The normalized spacial score (nSPS) is 11.5. The Hall–Kier alpha value is -2.74. The van der Waals surface area contributed by atoms with Crippen LogP contribution in [0.3, 0.4) is 0 Å². The van der Waals surface area contributed by atoms with Gasteiger partial charge in [0.25, 0.3) is 5.91 Å². The van der Waals surface area contributed by atoms with Crippen LogP contribution in [0.2, 0.25) is 5.02 Å². The Bertz CT molecular complexity index is 1130. The van der Waals surface area contributed by atoms with Crippen LogP contribution in [0.25, 0.3) is 0 Å². The monoisotopic (exact) mass is 446 g/mol. The average molecular weight is 447 g/mol. The molecule has 0 aliphatic rings. The summed E-state index contributed by atoms with van der Waals surface area (Å²) in [7, 11) is -3.68. The van der Waals surface area contributed by atoms with Gasteiger partial charge in [-0.25, -0.2) is 12.8 Å². The van der Waals surface area contributed by atoms with E-state index in [1.807, 2.05) is 0 Å². The van der Waals surface area contributed by atoms with Crippen molar-refractivity contribution in [3.63, 3.8) is 0 Å². The van der Waals surface area contributed by atoms with E-state index in [0.717, 1.165) is 5.56 Å². The number of carbonyl (C=O) groups is 1. The van der Waals surface area contributed by atoms with Gasteiger partial charge in [-0.1, -0.05) is 42.8 Å². The summed E-state index contributed by atoms with van der Waals surface area (Å²) in [6.07, 6.45) is 0. The van der Waals surface area contributed by atoms with Crippen LogP contribution < -0.4 is 5.32 Å². The number of amides is 1. The van der Waals surface area contributed by atoms with Gasteiger partial charge in [0, 0.05) is 23.7 Å². The Labute approximate surface area is 180 Å². The number of carbonyl (C=O) groups excluding carboxylic acids is 1. The minimum Gasteiger partial charge on any atom is -0.319 e. The van der Waals surface area contributed by atoms with Crippen molar-refractivity contribution in [2.24, 2.45) is 0 Å². The molecule has 5 nitrogen and oxygen atoms in total. The Kier molecular flexibility index (Phi) is 6.87. The maximum atomic E-state index is 13.7. The molecule has 0 aliphatic carbocycles. The quantitative estimate of drug-likeness (QED) is 0.558. The summed E-state index contributed by atoms with van der Waals surface area (Å²) in [6.45, 7) is 2.18. The van der Waals surface area contributed by atoms with E-state index in [1.165, 1.54) is 46.8 Å². The summed E-state index contributed by atoms with van der Waals surface area (Å²) in [5, 5.41) is 2.98. The van der Waals surface area contributed by atoms with Crippen LogP contribution in [0.5, 0.6) is 0 Å². The molecule has 0 unspecified atom stereocenters. The highest BCUT2D eigenvalue weighted by atomic mass is 35.5. The first kappa shape index (κ1) is 22.0. The molecule has 0 saturated carbocycles. The molecule has 30 heavy (non-hydrogen) atoms. The minimum absolute atomic E-state index is 0.0952. The number of rotatable bonds is 7. The van der Waals surface area contributed by atoms with Gasteiger partial charge < -0.3 is 5.32 Å². The van der Waals surface area contributed by atoms with E-state index in [1.54, 1.807) is 37.3 Å². The first-order valence-corrected chi connectivity index (χ1v) is 11.0. The van der Waals surface area contributed by atoms with Crippen molar-refractivity contribution in [2.45, 2.75) is 18.4 Å². The van der Waals surface area contributed by atoms with Gasteiger partial charge in [-0.2, -0.15) is 4.31 Å². The van der Waals surface area contributed by atoms with Crippen molar-refractivity contribution < 1.29 is 17.6 Å². The van der Waals surface area contributed by atoms with Crippen molar-refractivity contribution in [2.75, 3.05) is 11.9 Å². The molecular formula is C22H20ClFN2O3S. The van der Waals surface area contributed by atoms with Crippen LogP contribution in [-0.2, 0) is 16.6 Å². The Morgan fingerprint density at radius 1 is 1.00 bits per heavy atom. The van der Waals surface area contributed by atoms with Crippen LogP contribution >= 0.6 is 11.6 Å². The number of anilines is 1. The van der Waals surface area contributed by atoms with Crippen molar-refractivity contribution in [1.29, 1.82) is 0 Å². The van der Waals surface area contributed by atoms with Gasteiger partial charge in [0.15, 0.2) is 0 Å². The first-order chi connectivity index (χ1) is 14.3. The van der Waals surface area contributed by atoms with E-state index in [2.05, 4.69) is 5.32 Å².